The molecule has 0 radical (unpaired) electrons. The lowest BCUT2D eigenvalue weighted by Crippen LogP contribution is -2.37. The zero-order valence-electron chi connectivity index (χ0n) is 12.0. The number of hydrogen-bond donors (Lipinski definition) is 3. The third-order valence-electron chi connectivity index (χ3n) is 4.25. The molecule has 2 rings (SSSR count). The maximum atomic E-state index is 13.3. The average molecular weight is 279 g/mol. The van der Waals surface area contributed by atoms with Gasteiger partial charge >= 0.3 is 0 Å². The number of hydrogen-bond acceptors (Lipinski definition) is 3. The van der Waals surface area contributed by atoms with Crippen LogP contribution in [-0.2, 0) is 6.54 Å². The van der Waals surface area contributed by atoms with E-state index in [1.807, 2.05) is 0 Å². The monoisotopic (exact) mass is 279 g/mol. The van der Waals surface area contributed by atoms with Crippen LogP contribution in [0.5, 0.6) is 0 Å². The van der Waals surface area contributed by atoms with Gasteiger partial charge in [0.2, 0.25) is 0 Å². The fraction of sp³-hybridized carbons (Fsp3) is 0.533. The summed E-state index contributed by atoms with van der Waals surface area (Å²) in [5.74, 6) is -0.455. The van der Waals surface area contributed by atoms with Gasteiger partial charge in [-0.25, -0.2) is 4.39 Å². The number of nitrogens with one attached hydrogen (secondary N) is 1. The van der Waals surface area contributed by atoms with Crippen LogP contribution in [0.4, 0.5) is 4.39 Å². The second-order valence-electron chi connectivity index (χ2n) is 6.10. The molecule has 0 aromatic heterocycles. The average Bonchev–Trinajstić information content (AvgIpc) is 2.75. The number of benzene rings is 1. The normalized spacial score (nSPS) is 22.1. The van der Waals surface area contributed by atoms with E-state index in [1.54, 1.807) is 6.07 Å². The van der Waals surface area contributed by atoms with E-state index in [9.17, 15) is 4.39 Å². The minimum atomic E-state index is -0.392. The number of halogens is 1. The van der Waals surface area contributed by atoms with Gasteiger partial charge in [-0.1, -0.05) is 31.5 Å². The first-order chi connectivity index (χ1) is 9.44. The first-order valence-corrected chi connectivity index (χ1v) is 6.94. The van der Waals surface area contributed by atoms with Crippen molar-refractivity contribution in [1.82, 2.24) is 5.32 Å². The highest BCUT2D eigenvalue weighted by Crippen LogP contribution is 2.37. The van der Waals surface area contributed by atoms with E-state index in [2.05, 4.69) is 24.3 Å². The third-order valence-corrected chi connectivity index (χ3v) is 4.25. The largest absolute Gasteiger partial charge is 0.409 e. The predicted molar refractivity (Wildman–Crippen MR) is 77.2 cm³/mol. The van der Waals surface area contributed by atoms with Crippen molar-refractivity contribution < 1.29 is 9.60 Å². The summed E-state index contributed by atoms with van der Waals surface area (Å²) in [6.07, 6.45) is 3.58. The minimum Gasteiger partial charge on any atom is -0.409 e. The van der Waals surface area contributed by atoms with Crippen LogP contribution in [0.25, 0.3) is 0 Å². The second-order valence-corrected chi connectivity index (χ2v) is 6.10. The van der Waals surface area contributed by atoms with E-state index in [-0.39, 0.29) is 11.3 Å². The fourth-order valence-electron chi connectivity index (χ4n) is 2.93. The lowest BCUT2D eigenvalue weighted by molar-refractivity contribution is 0.282. The summed E-state index contributed by atoms with van der Waals surface area (Å²) >= 11 is 0. The van der Waals surface area contributed by atoms with Crippen molar-refractivity contribution >= 4 is 5.84 Å². The lowest BCUT2D eigenvalue weighted by atomic mass is 9.87. The van der Waals surface area contributed by atoms with Crippen LogP contribution < -0.4 is 11.1 Å². The maximum Gasteiger partial charge on any atom is 0.170 e. The SMILES string of the molecule is CC1(C)CCCC1NCc1ccc(F)cc1C(N)=NO. The number of oxime groups is 1. The molecule has 5 heteroatoms. The predicted octanol–water partition coefficient (Wildman–Crippen LogP) is 2.59. The van der Waals surface area contributed by atoms with Crippen molar-refractivity contribution in [2.45, 2.75) is 45.7 Å². The van der Waals surface area contributed by atoms with Crippen molar-refractivity contribution in [1.29, 1.82) is 0 Å². The first-order valence-electron chi connectivity index (χ1n) is 6.94. The number of rotatable bonds is 4. The van der Waals surface area contributed by atoms with Crippen LogP contribution >= 0.6 is 0 Å². The van der Waals surface area contributed by atoms with Gasteiger partial charge in [0.05, 0.1) is 0 Å². The van der Waals surface area contributed by atoms with E-state index in [1.165, 1.54) is 25.0 Å². The van der Waals surface area contributed by atoms with Crippen LogP contribution in [-0.4, -0.2) is 17.1 Å². The lowest BCUT2D eigenvalue weighted by Gasteiger charge is -2.28. The van der Waals surface area contributed by atoms with Gasteiger partial charge in [-0.2, -0.15) is 0 Å². The highest BCUT2D eigenvalue weighted by atomic mass is 19.1. The van der Waals surface area contributed by atoms with Crippen LogP contribution in [0.1, 0.15) is 44.2 Å². The van der Waals surface area contributed by atoms with E-state index in [0.29, 0.717) is 18.2 Å². The van der Waals surface area contributed by atoms with Gasteiger partial charge in [-0.05, 0) is 36.0 Å². The topological polar surface area (TPSA) is 70.6 Å². The van der Waals surface area contributed by atoms with Gasteiger partial charge in [-0.15, -0.1) is 0 Å². The molecule has 0 aliphatic heterocycles. The molecule has 0 amide bonds. The molecule has 110 valence electrons. The molecule has 4 N–H and O–H groups in total. The molecule has 20 heavy (non-hydrogen) atoms. The number of amidine groups is 1. The summed E-state index contributed by atoms with van der Waals surface area (Å²) in [4.78, 5) is 0. The zero-order valence-corrected chi connectivity index (χ0v) is 12.0. The highest BCUT2D eigenvalue weighted by molar-refractivity contribution is 5.98. The van der Waals surface area contributed by atoms with Crippen molar-refractivity contribution in [3.05, 3.63) is 35.1 Å². The zero-order chi connectivity index (χ0) is 14.8. The quantitative estimate of drug-likeness (QED) is 0.343. The Kier molecular flexibility index (Phi) is 4.28. The Morgan fingerprint density at radius 1 is 1.55 bits per heavy atom. The van der Waals surface area contributed by atoms with Crippen molar-refractivity contribution in [2.24, 2.45) is 16.3 Å². The molecule has 1 aliphatic rings. The standard InChI is InChI=1S/C15H22FN3O/c1-15(2)7-3-4-13(15)18-9-10-5-6-11(16)8-12(10)14(17)19-20/h5-6,8,13,18,20H,3-4,7,9H2,1-2H3,(H2,17,19). The van der Waals surface area contributed by atoms with Crippen LogP contribution in [0.2, 0.25) is 0 Å². The first kappa shape index (κ1) is 14.8. The molecule has 4 nitrogen and oxygen atoms in total. The van der Waals surface area contributed by atoms with Gasteiger partial charge in [0.25, 0.3) is 0 Å². The van der Waals surface area contributed by atoms with Crippen LogP contribution in [0.15, 0.2) is 23.4 Å². The van der Waals surface area contributed by atoms with Crippen LogP contribution in [0, 0.1) is 11.2 Å². The molecule has 0 spiro atoms. The maximum absolute atomic E-state index is 13.3. The van der Waals surface area contributed by atoms with Crippen molar-refractivity contribution in [2.75, 3.05) is 0 Å². The van der Waals surface area contributed by atoms with Gasteiger partial charge < -0.3 is 16.3 Å². The van der Waals surface area contributed by atoms with Gasteiger partial charge in [-0.3, -0.25) is 0 Å². The smallest absolute Gasteiger partial charge is 0.170 e. The Morgan fingerprint density at radius 3 is 2.90 bits per heavy atom. The summed E-state index contributed by atoms with van der Waals surface area (Å²) in [5, 5.41) is 15.3. The third kappa shape index (κ3) is 3.10. The van der Waals surface area contributed by atoms with E-state index >= 15 is 0 Å². The number of nitrogens with two attached hydrogens (primary N) is 1. The summed E-state index contributed by atoms with van der Waals surface area (Å²) < 4.78 is 13.3. The summed E-state index contributed by atoms with van der Waals surface area (Å²) in [6, 6.07) is 4.81. The molecule has 0 bridgehead atoms. The second kappa shape index (κ2) is 5.79. The molecule has 1 aromatic carbocycles. The molecule has 1 unspecified atom stereocenters. The molecular weight excluding hydrogens is 257 g/mol. The van der Waals surface area contributed by atoms with Gasteiger partial charge in [0, 0.05) is 18.2 Å². The molecule has 1 aliphatic carbocycles. The van der Waals surface area contributed by atoms with E-state index in [0.717, 1.165) is 12.0 Å². The Morgan fingerprint density at radius 2 is 2.30 bits per heavy atom. The van der Waals surface area contributed by atoms with Crippen molar-refractivity contribution in [3.63, 3.8) is 0 Å². The Labute approximate surface area is 118 Å². The summed E-state index contributed by atoms with van der Waals surface area (Å²) in [5.41, 5.74) is 7.16. The van der Waals surface area contributed by atoms with Crippen molar-refractivity contribution in [3.8, 4) is 0 Å². The Hall–Kier alpha value is -1.62. The molecular formula is C15H22FN3O. The summed E-state index contributed by atoms with van der Waals surface area (Å²) in [7, 11) is 0. The molecule has 1 atom stereocenters. The van der Waals surface area contributed by atoms with Gasteiger partial charge in [0.1, 0.15) is 5.82 Å². The molecule has 1 saturated carbocycles. The fourth-order valence-corrected chi connectivity index (χ4v) is 2.93. The highest BCUT2D eigenvalue weighted by Gasteiger charge is 2.33. The van der Waals surface area contributed by atoms with E-state index < -0.39 is 5.82 Å². The molecule has 1 fully saturated rings. The summed E-state index contributed by atoms with van der Waals surface area (Å²) in [6.45, 7) is 5.10. The van der Waals surface area contributed by atoms with Crippen LogP contribution in [0.3, 0.4) is 0 Å². The minimum absolute atomic E-state index is 0.0630. The van der Waals surface area contributed by atoms with Gasteiger partial charge in [0.15, 0.2) is 5.84 Å². The Bertz CT molecular complexity index is 514. The Balaban J connectivity index is 2.13. The molecule has 0 saturated heterocycles. The molecule has 1 aromatic rings. The van der Waals surface area contributed by atoms with E-state index in [4.69, 9.17) is 10.9 Å². The number of nitrogens with zero attached hydrogens (tertiary/aromatic N) is 1. The molecule has 0 heterocycles.